The molecule has 8 nitrogen and oxygen atoms in total. The fourth-order valence-corrected chi connectivity index (χ4v) is 3.81. The van der Waals surface area contributed by atoms with Crippen molar-refractivity contribution >= 4 is 28.3 Å². The molecule has 0 unspecified atom stereocenters. The molecule has 1 aliphatic rings. The lowest BCUT2D eigenvalue weighted by Gasteiger charge is -2.29. The number of carbonyl (C=O) groups is 1. The molecule has 1 fully saturated rings. The Morgan fingerprint density at radius 1 is 1.32 bits per heavy atom. The zero-order valence-electron chi connectivity index (χ0n) is 12.9. The molecule has 2 rings (SSSR count). The van der Waals surface area contributed by atoms with E-state index in [9.17, 15) is 13.2 Å². The first-order valence-corrected chi connectivity index (χ1v) is 8.24. The second-order valence-corrected chi connectivity index (χ2v) is 7.14. The van der Waals surface area contributed by atoms with Crippen molar-refractivity contribution in [2.24, 2.45) is 0 Å². The van der Waals surface area contributed by atoms with Crippen molar-refractivity contribution < 1.29 is 13.2 Å². The van der Waals surface area contributed by atoms with Crippen LogP contribution in [-0.4, -0.2) is 73.5 Å². The van der Waals surface area contributed by atoms with Gasteiger partial charge >= 0.3 is 0 Å². The van der Waals surface area contributed by atoms with Crippen LogP contribution in [0.15, 0.2) is 4.90 Å². The summed E-state index contributed by atoms with van der Waals surface area (Å²) in [7, 11) is -2.30. The number of nitrogens with one attached hydrogen (secondary N) is 2. The molecule has 0 aromatic carbocycles. The maximum absolute atomic E-state index is 12.5. The minimum absolute atomic E-state index is 0. The Hall–Kier alpha value is -1.16. The number of aryl methyl sites for hydroxylation is 2. The van der Waals surface area contributed by atoms with Crippen LogP contribution >= 0.6 is 12.4 Å². The maximum Gasteiger partial charge on any atom is 0.246 e. The average molecular weight is 352 g/mol. The number of nitrogens with zero attached hydrogens (tertiary/aromatic N) is 3. The number of hydrogen-bond donors (Lipinski definition) is 2. The van der Waals surface area contributed by atoms with E-state index in [2.05, 4.69) is 15.5 Å². The van der Waals surface area contributed by atoms with Crippen molar-refractivity contribution in [1.29, 1.82) is 0 Å². The van der Waals surface area contributed by atoms with E-state index in [1.807, 2.05) is 0 Å². The number of amides is 1. The quantitative estimate of drug-likeness (QED) is 0.762. The van der Waals surface area contributed by atoms with Gasteiger partial charge in [-0.05, 0) is 13.8 Å². The highest BCUT2D eigenvalue weighted by Crippen LogP contribution is 2.20. The topological polar surface area (TPSA) is 98.4 Å². The third-order valence-corrected chi connectivity index (χ3v) is 5.62. The molecule has 0 saturated carbocycles. The number of piperazine rings is 1. The summed E-state index contributed by atoms with van der Waals surface area (Å²) in [6, 6.07) is 0. The van der Waals surface area contributed by atoms with Crippen molar-refractivity contribution in [2.45, 2.75) is 18.7 Å². The fraction of sp³-hybridized carbons (Fsp3) is 0.667. The summed E-state index contributed by atoms with van der Waals surface area (Å²) in [5.41, 5.74) is 0.892. The summed E-state index contributed by atoms with van der Waals surface area (Å²) in [5.74, 6) is -0.179. The highest BCUT2D eigenvalue weighted by Gasteiger charge is 2.29. The van der Waals surface area contributed by atoms with Gasteiger partial charge in [0.15, 0.2) is 0 Å². The highest BCUT2D eigenvalue weighted by molar-refractivity contribution is 7.89. The number of hydrogen-bond acceptors (Lipinski definition) is 5. The number of likely N-dealkylation sites (N-methyl/N-ethyl adjacent to an activating group) is 1. The van der Waals surface area contributed by atoms with Crippen LogP contribution in [0.25, 0.3) is 0 Å². The largest absolute Gasteiger partial charge is 0.339 e. The molecule has 0 spiro atoms. The Morgan fingerprint density at radius 2 is 1.91 bits per heavy atom. The molecule has 1 aromatic heterocycles. The van der Waals surface area contributed by atoms with E-state index in [0.717, 1.165) is 17.4 Å². The standard InChI is InChI=1S/C12H21N5O3S.ClH/c1-9-12(10(2)15-14-9)21(19,20)16(3)8-11(18)17-6-4-13-5-7-17;/h13H,4-8H2,1-3H3,(H,14,15);1H. The summed E-state index contributed by atoms with van der Waals surface area (Å²) < 4.78 is 26.2. The predicted octanol–water partition coefficient (Wildman–Crippen LogP) is -0.499. The Kier molecular flexibility index (Phi) is 6.36. The third-order valence-electron chi connectivity index (χ3n) is 3.56. The van der Waals surface area contributed by atoms with E-state index >= 15 is 0 Å². The van der Waals surface area contributed by atoms with Gasteiger partial charge < -0.3 is 10.2 Å². The molecule has 1 saturated heterocycles. The van der Waals surface area contributed by atoms with Crippen molar-refractivity contribution in [2.75, 3.05) is 39.8 Å². The van der Waals surface area contributed by atoms with Crippen LogP contribution in [0, 0.1) is 13.8 Å². The minimum atomic E-state index is -3.71. The van der Waals surface area contributed by atoms with Crippen LogP contribution in [0.4, 0.5) is 0 Å². The maximum atomic E-state index is 12.5. The van der Waals surface area contributed by atoms with E-state index in [1.165, 1.54) is 7.05 Å². The monoisotopic (exact) mass is 351 g/mol. The molecule has 1 amide bonds. The second kappa shape index (κ2) is 7.40. The first-order chi connectivity index (χ1) is 9.84. The Labute approximate surface area is 136 Å². The first kappa shape index (κ1) is 18.9. The van der Waals surface area contributed by atoms with Gasteiger partial charge in [-0.1, -0.05) is 0 Å². The van der Waals surface area contributed by atoms with Gasteiger partial charge in [-0.15, -0.1) is 12.4 Å². The molecule has 126 valence electrons. The van der Waals surface area contributed by atoms with E-state index in [0.29, 0.717) is 24.5 Å². The molecular formula is C12H22ClN5O3S. The zero-order valence-corrected chi connectivity index (χ0v) is 14.6. The Balaban J connectivity index is 0.00000242. The fourth-order valence-electron chi connectivity index (χ4n) is 2.37. The van der Waals surface area contributed by atoms with Gasteiger partial charge in [0.25, 0.3) is 0 Å². The molecule has 0 radical (unpaired) electrons. The molecule has 0 bridgehead atoms. The van der Waals surface area contributed by atoms with Crippen LogP contribution in [0.3, 0.4) is 0 Å². The van der Waals surface area contributed by atoms with Crippen LogP contribution in [0.1, 0.15) is 11.4 Å². The lowest BCUT2D eigenvalue weighted by atomic mass is 10.3. The Morgan fingerprint density at radius 3 is 2.41 bits per heavy atom. The number of sulfonamides is 1. The molecule has 0 aliphatic carbocycles. The van der Waals surface area contributed by atoms with Gasteiger partial charge in [0.1, 0.15) is 4.90 Å². The van der Waals surface area contributed by atoms with Gasteiger partial charge in [0, 0.05) is 33.2 Å². The normalized spacial score (nSPS) is 15.7. The van der Waals surface area contributed by atoms with Gasteiger partial charge in [-0.25, -0.2) is 8.42 Å². The molecule has 10 heteroatoms. The SMILES string of the molecule is Cc1n[nH]c(C)c1S(=O)(=O)N(C)CC(=O)N1CCNCC1.Cl. The first-order valence-electron chi connectivity index (χ1n) is 6.80. The van der Waals surface area contributed by atoms with Crippen LogP contribution in [0.5, 0.6) is 0 Å². The lowest BCUT2D eigenvalue weighted by molar-refractivity contribution is -0.131. The predicted molar refractivity (Wildman–Crippen MR) is 84.6 cm³/mol. The lowest BCUT2D eigenvalue weighted by Crippen LogP contribution is -2.49. The molecule has 0 atom stereocenters. The molecule has 1 aliphatic heterocycles. The summed E-state index contributed by atoms with van der Waals surface area (Å²) in [5, 5.41) is 9.71. The van der Waals surface area contributed by atoms with Gasteiger partial charge in [0.05, 0.1) is 17.9 Å². The smallest absolute Gasteiger partial charge is 0.246 e. The van der Waals surface area contributed by atoms with Gasteiger partial charge in [-0.3, -0.25) is 9.89 Å². The van der Waals surface area contributed by atoms with Crippen LogP contribution < -0.4 is 5.32 Å². The molecule has 2 N–H and O–H groups in total. The highest BCUT2D eigenvalue weighted by atomic mass is 35.5. The Bertz CT molecular complexity index is 605. The van der Waals surface area contributed by atoms with Crippen molar-refractivity contribution in [3.63, 3.8) is 0 Å². The number of aromatic nitrogens is 2. The molecule has 2 heterocycles. The summed E-state index contributed by atoms with van der Waals surface area (Å²) in [6.07, 6.45) is 0. The molecular weight excluding hydrogens is 330 g/mol. The van der Waals surface area contributed by atoms with E-state index in [-0.39, 0.29) is 29.8 Å². The third kappa shape index (κ3) is 3.78. The number of halogens is 1. The zero-order chi connectivity index (χ0) is 15.6. The van der Waals surface area contributed by atoms with Crippen molar-refractivity contribution in [1.82, 2.24) is 24.7 Å². The summed E-state index contributed by atoms with van der Waals surface area (Å²) >= 11 is 0. The minimum Gasteiger partial charge on any atom is -0.339 e. The number of aromatic amines is 1. The van der Waals surface area contributed by atoms with Crippen molar-refractivity contribution in [3.8, 4) is 0 Å². The summed E-state index contributed by atoms with van der Waals surface area (Å²) in [6.45, 7) is 5.81. The van der Waals surface area contributed by atoms with E-state index in [1.54, 1.807) is 18.7 Å². The average Bonchev–Trinajstić information content (AvgIpc) is 2.79. The number of rotatable bonds is 4. The van der Waals surface area contributed by atoms with E-state index in [4.69, 9.17) is 0 Å². The number of carbonyl (C=O) groups excluding carboxylic acids is 1. The number of H-pyrrole nitrogens is 1. The molecule has 1 aromatic rings. The van der Waals surface area contributed by atoms with Crippen molar-refractivity contribution in [3.05, 3.63) is 11.4 Å². The van der Waals surface area contributed by atoms with Crippen LogP contribution in [-0.2, 0) is 14.8 Å². The van der Waals surface area contributed by atoms with Gasteiger partial charge in [-0.2, -0.15) is 9.40 Å². The van der Waals surface area contributed by atoms with Gasteiger partial charge in [0.2, 0.25) is 15.9 Å². The second-order valence-electron chi connectivity index (χ2n) is 5.16. The molecule has 22 heavy (non-hydrogen) atoms. The summed E-state index contributed by atoms with van der Waals surface area (Å²) in [4.78, 5) is 14.0. The van der Waals surface area contributed by atoms with E-state index < -0.39 is 10.0 Å². The van der Waals surface area contributed by atoms with Crippen LogP contribution in [0.2, 0.25) is 0 Å².